The zero-order valence-electron chi connectivity index (χ0n) is 29.5. The Morgan fingerprint density at radius 1 is 0.792 bits per heavy atom. The van der Waals surface area contributed by atoms with E-state index in [-0.39, 0.29) is 24.7 Å². The van der Waals surface area contributed by atoms with Gasteiger partial charge in [-0.3, -0.25) is 9.78 Å². The molecule has 3 aromatic rings. The van der Waals surface area contributed by atoms with Crippen LogP contribution >= 0.6 is 0 Å². The van der Waals surface area contributed by atoms with Gasteiger partial charge in [0.1, 0.15) is 0 Å². The molecule has 3 atom stereocenters. The second-order valence-corrected chi connectivity index (χ2v) is 13.4. The van der Waals surface area contributed by atoms with Crippen molar-refractivity contribution >= 4 is 5.91 Å². The Kier molecular flexibility index (Phi) is 17.1. The van der Waals surface area contributed by atoms with E-state index in [9.17, 15) is 9.90 Å². The molecule has 0 aliphatic carbocycles. The fourth-order valence-corrected chi connectivity index (χ4v) is 6.42. The monoisotopic (exact) mass is 657 g/mol. The van der Waals surface area contributed by atoms with E-state index in [1.807, 2.05) is 24.3 Å². The number of carbonyl (C=O) groups is 1. The van der Waals surface area contributed by atoms with E-state index in [2.05, 4.69) is 53.3 Å². The molecule has 1 aromatic heterocycles. The number of hydrogen-bond acceptors (Lipinski definition) is 6. The average Bonchev–Trinajstić information content (AvgIpc) is 3.13. The maximum Gasteiger partial charge on any atom is 0.253 e. The Morgan fingerprint density at radius 3 is 2.00 bits per heavy atom. The van der Waals surface area contributed by atoms with Crippen LogP contribution in [-0.4, -0.2) is 46.6 Å². The maximum absolute atomic E-state index is 12.5. The Labute approximate surface area is 289 Å². The van der Waals surface area contributed by atoms with E-state index in [1.54, 1.807) is 24.5 Å². The summed E-state index contributed by atoms with van der Waals surface area (Å²) in [6, 6.07) is 19.8. The summed E-state index contributed by atoms with van der Waals surface area (Å²) in [6.07, 6.45) is 19.1. The summed E-state index contributed by atoms with van der Waals surface area (Å²) >= 11 is 0. The highest BCUT2D eigenvalue weighted by atomic mass is 16.7. The molecule has 1 saturated heterocycles. The molecule has 2 N–H and O–H groups in total. The normalized spacial score (nSPS) is 17.9. The lowest BCUT2D eigenvalue weighted by Crippen LogP contribution is -2.40. The van der Waals surface area contributed by atoms with Crippen LogP contribution in [-0.2, 0) is 22.6 Å². The maximum atomic E-state index is 12.5. The summed E-state index contributed by atoms with van der Waals surface area (Å²) in [5, 5.41) is 12.6. The van der Waals surface area contributed by atoms with Gasteiger partial charge in [0.15, 0.2) is 6.29 Å². The Hall–Kier alpha value is -3.10. The zero-order chi connectivity index (χ0) is 33.8. The smallest absolute Gasteiger partial charge is 0.253 e. The fraction of sp³-hybridized carbons (Fsp3) is 0.561. The molecule has 0 bridgehead atoms. The molecule has 0 radical (unpaired) electrons. The van der Waals surface area contributed by atoms with Crippen LogP contribution in [0.25, 0.3) is 0 Å². The fourth-order valence-electron chi connectivity index (χ4n) is 6.42. The summed E-state index contributed by atoms with van der Waals surface area (Å²) in [7, 11) is 0. The van der Waals surface area contributed by atoms with E-state index >= 15 is 0 Å². The summed E-state index contributed by atoms with van der Waals surface area (Å²) in [4.78, 5) is 19.2. The first-order valence-corrected chi connectivity index (χ1v) is 18.6. The third kappa shape index (κ3) is 13.1. The van der Waals surface area contributed by atoms with Crippen LogP contribution < -0.4 is 5.32 Å². The van der Waals surface area contributed by atoms with E-state index in [1.165, 1.54) is 77.0 Å². The molecule has 7 heteroatoms. The van der Waals surface area contributed by atoms with Crippen LogP contribution in [0.5, 0.6) is 0 Å². The van der Waals surface area contributed by atoms with Crippen molar-refractivity contribution in [3.8, 4) is 0 Å². The third-order valence-electron chi connectivity index (χ3n) is 9.36. The van der Waals surface area contributed by atoms with Crippen LogP contribution in [0.15, 0.2) is 73.1 Å². The van der Waals surface area contributed by atoms with Crippen LogP contribution in [0.2, 0.25) is 0 Å². The summed E-state index contributed by atoms with van der Waals surface area (Å²) in [6.45, 7) is 8.13. The lowest BCUT2D eigenvalue weighted by molar-refractivity contribution is -0.253. The van der Waals surface area contributed by atoms with Crippen LogP contribution in [0.4, 0.5) is 0 Å². The van der Waals surface area contributed by atoms with Gasteiger partial charge in [-0.25, -0.2) is 0 Å². The number of aromatic nitrogens is 1. The molecule has 2 heterocycles. The van der Waals surface area contributed by atoms with Gasteiger partial charge in [-0.1, -0.05) is 127 Å². The first-order chi connectivity index (χ1) is 23.6. The van der Waals surface area contributed by atoms with E-state index < -0.39 is 6.29 Å². The van der Waals surface area contributed by atoms with Crippen molar-refractivity contribution < 1.29 is 19.4 Å². The van der Waals surface area contributed by atoms with Crippen molar-refractivity contribution in [3.63, 3.8) is 0 Å². The average molecular weight is 658 g/mol. The summed E-state index contributed by atoms with van der Waals surface area (Å²) in [5.74, 6) is -0.143. The number of nitrogens with zero attached hydrogens (tertiary/aromatic N) is 2. The summed E-state index contributed by atoms with van der Waals surface area (Å²) < 4.78 is 13.4. The molecule has 1 aliphatic rings. The first kappa shape index (κ1) is 37.7. The standard InChI is InChI=1S/C41H59N3O4/c1-3-5-7-9-11-13-26-44(27-14-12-10-8-6-4-2)31-38-28-39(35-21-19-34(32-45)20-22-35)48-41(47-38)36-23-17-33(18-24-36)29-43-40(46)37-16-15-25-42-30-37/h15-25,30,38-39,41,45H,3-14,26-29,31-32H2,1-2H3,(H,43,46)/t38-,39+,41+/m0/s1. The lowest BCUT2D eigenvalue weighted by atomic mass is 9.99. The number of aliphatic hydroxyl groups excluding tert-OH is 1. The molecular formula is C41H59N3O4. The van der Waals surface area contributed by atoms with Gasteiger partial charge in [0.05, 0.1) is 24.4 Å². The lowest BCUT2D eigenvalue weighted by Gasteiger charge is -2.38. The number of amides is 1. The Morgan fingerprint density at radius 2 is 1.40 bits per heavy atom. The van der Waals surface area contributed by atoms with Crippen molar-refractivity contribution in [2.45, 2.75) is 129 Å². The molecule has 0 spiro atoms. The van der Waals surface area contributed by atoms with Crippen LogP contribution in [0.1, 0.15) is 142 Å². The van der Waals surface area contributed by atoms with Crippen molar-refractivity contribution in [1.82, 2.24) is 15.2 Å². The summed E-state index contributed by atoms with van der Waals surface area (Å²) in [5.41, 5.74) is 4.53. The highest BCUT2D eigenvalue weighted by Gasteiger charge is 2.33. The predicted molar refractivity (Wildman–Crippen MR) is 193 cm³/mol. The molecule has 1 aliphatic heterocycles. The highest BCUT2D eigenvalue weighted by molar-refractivity contribution is 5.93. The number of unbranched alkanes of at least 4 members (excludes halogenated alkanes) is 10. The van der Waals surface area contributed by atoms with Gasteiger partial charge in [-0.15, -0.1) is 0 Å². The number of aliphatic hydroxyl groups is 1. The number of nitrogens with one attached hydrogen (secondary N) is 1. The van der Waals surface area contributed by atoms with Crippen molar-refractivity contribution in [3.05, 3.63) is 101 Å². The largest absolute Gasteiger partial charge is 0.392 e. The first-order valence-electron chi connectivity index (χ1n) is 18.6. The predicted octanol–water partition coefficient (Wildman–Crippen LogP) is 9.07. The van der Waals surface area contributed by atoms with E-state index in [0.29, 0.717) is 12.1 Å². The van der Waals surface area contributed by atoms with Gasteiger partial charge in [0.25, 0.3) is 5.91 Å². The quantitative estimate of drug-likeness (QED) is 0.105. The van der Waals surface area contributed by atoms with Crippen molar-refractivity contribution in [2.75, 3.05) is 19.6 Å². The highest BCUT2D eigenvalue weighted by Crippen LogP contribution is 2.38. The van der Waals surface area contributed by atoms with Gasteiger partial charge < -0.3 is 24.8 Å². The van der Waals surface area contributed by atoms with Crippen molar-refractivity contribution in [2.24, 2.45) is 0 Å². The number of rotatable bonds is 22. The zero-order valence-corrected chi connectivity index (χ0v) is 29.5. The second kappa shape index (κ2) is 21.8. The SMILES string of the molecule is CCCCCCCCN(CCCCCCCC)C[C@@H]1C[C@H](c2ccc(CO)cc2)O[C@H](c2ccc(CNC(=O)c3cccnc3)cc2)O1. The molecule has 0 unspecified atom stereocenters. The van der Waals surface area contributed by atoms with E-state index in [0.717, 1.165) is 48.3 Å². The minimum atomic E-state index is -0.491. The van der Waals surface area contributed by atoms with Crippen LogP contribution in [0.3, 0.4) is 0 Å². The van der Waals surface area contributed by atoms with Gasteiger partial charge in [0.2, 0.25) is 0 Å². The third-order valence-corrected chi connectivity index (χ3v) is 9.36. The van der Waals surface area contributed by atoms with E-state index in [4.69, 9.17) is 9.47 Å². The van der Waals surface area contributed by atoms with Gasteiger partial charge in [-0.05, 0) is 54.8 Å². The van der Waals surface area contributed by atoms with Crippen LogP contribution in [0, 0.1) is 0 Å². The molecule has 1 fully saturated rings. The molecule has 262 valence electrons. The number of ether oxygens (including phenoxy) is 2. The molecule has 0 saturated carbocycles. The molecule has 48 heavy (non-hydrogen) atoms. The molecule has 7 nitrogen and oxygen atoms in total. The Balaban J connectivity index is 1.42. The molecule has 1 amide bonds. The van der Waals surface area contributed by atoms with Gasteiger partial charge >= 0.3 is 0 Å². The second-order valence-electron chi connectivity index (χ2n) is 13.4. The number of carbonyl (C=O) groups excluding carboxylic acids is 1. The number of pyridine rings is 1. The molecule has 2 aromatic carbocycles. The minimum Gasteiger partial charge on any atom is -0.392 e. The Bertz CT molecular complexity index is 1270. The van der Waals surface area contributed by atoms with Gasteiger partial charge in [0, 0.05) is 37.5 Å². The molecular weight excluding hydrogens is 598 g/mol. The topological polar surface area (TPSA) is 83.9 Å². The van der Waals surface area contributed by atoms with Crippen molar-refractivity contribution in [1.29, 1.82) is 0 Å². The minimum absolute atomic E-state index is 0.0288. The number of hydrogen-bond donors (Lipinski definition) is 2. The molecule has 4 rings (SSSR count). The number of benzene rings is 2. The van der Waals surface area contributed by atoms with Gasteiger partial charge in [-0.2, -0.15) is 0 Å².